The average molecular weight is 412 g/mol. The fraction of sp³-hybridized carbons (Fsp3) is 0.312. The SMILES string of the molecule is COc1cc(-c2nsc([C@H](C)NC(=O)c3cc(C(F)(F)F)nn3C)n2)ccn1. The minimum absolute atomic E-state index is 0.206. The molecule has 0 aliphatic rings. The van der Waals surface area contributed by atoms with Gasteiger partial charge in [0.05, 0.1) is 13.2 Å². The van der Waals surface area contributed by atoms with Gasteiger partial charge in [0.25, 0.3) is 5.91 Å². The van der Waals surface area contributed by atoms with Gasteiger partial charge in [0.15, 0.2) is 11.5 Å². The van der Waals surface area contributed by atoms with Crippen LogP contribution >= 0.6 is 11.5 Å². The third-order valence-corrected chi connectivity index (χ3v) is 4.66. The van der Waals surface area contributed by atoms with Crippen LogP contribution in [0.5, 0.6) is 5.88 Å². The number of hydrogen-bond donors (Lipinski definition) is 1. The van der Waals surface area contributed by atoms with Crippen LogP contribution < -0.4 is 10.1 Å². The topological polar surface area (TPSA) is 94.8 Å². The minimum atomic E-state index is -4.62. The van der Waals surface area contributed by atoms with E-state index in [4.69, 9.17) is 4.74 Å². The van der Waals surface area contributed by atoms with E-state index in [1.807, 2.05) is 0 Å². The van der Waals surface area contributed by atoms with E-state index < -0.39 is 23.8 Å². The molecule has 3 aromatic rings. The predicted molar refractivity (Wildman–Crippen MR) is 93.8 cm³/mol. The van der Waals surface area contributed by atoms with Gasteiger partial charge in [-0.15, -0.1) is 0 Å². The summed E-state index contributed by atoms with van der Waals surface area (Å²) in [5.41, 5.74) is -0.644. The van der Waals surface area contributed by atoms with Gasteiger partial charge < -0.3 is 10.1 Å². The molecule has 3 aromatic heterocycles. The Bertz CT molecular complexity index is 1000. The highest BCUT2D eigenvalue weighted by Crippen LogP contribution is 2.29. The van der Waals surface area contributed by atoms with E-state index in [2.05, 4.69) is 24.8 Å². The summed E-state index contributed by atoms with van der Waals surface area (Å²) < 4.78 is 48.5. The Kier molecular flexibility index (Phi) is 5.31. The average Bonchev–Trinajstić information content (AvgIpc) is 3.28. The smallest absolute Gasteiger partial charge is 0.435 e. The van der Waals surface area contributed by atoms with Gasteiger partial charge in [0, 0.05) is 30.9 Å². The lowest BCUT2D eigenvalue weighted by atomic mass is 10.2. The summed E-state index contributed by atoms with van der Waals surface area (Å²) in [4.78, 5) is 20.7. The van der Waals surface area contributed by atoms with Crippen molar-refractivity contribution in [3.8, 4) is 17.3 Å². The van der Waals surface area contributed by atoms with Gasteiger partial charge in [0.2, 0.25) is 5.88 Å². The van der Waals surface area contributed by atoms with E-state index >= 15 is 0 Å². The number of carbonyl (C=O) groups excluding carboxylic acids is 1. The van der Waals surface area contributed by atoms with Gasteiger partial charge in [0.1, 0.15) is 10.7 Å². The number of ether oxygens (including phenoxy) is 1. The number of aryl methyl sites for hydroxylation is 1. The number of nitrogens with zero attached hydrogens (tertiary/aromatic N) is 5. The van der Waals surface area contributed by atoms with Crippen molar-refractivity contribution in [1.82, 2.24) is 29.4 Å². The summed E-state index contributed by atoms with van der Waals surface area (Å²) in [6.45, 7) is 1.66. The normalized spacial score (nSPS) is 12.6. The summed E-state index contributed by atoms with van der Waals surface area (Å²) in [5.74, 6) is 0.147. The third kappa shape index (κ3) is 4.11. The molecule has 0 unspecified atom stereocenters. The molecule has 0 bridgehead atoms. The number of rotatable bonds is 5. The molecule has 148 valence electrons. The van der Waals surface area contributed by atoms with Gasteiger partial charge in [-0.2, -0.15) is 22.6 Å². The molecule has 1 amide bonds. The van der Waals surface area contributed by atoms with E-state index in [1.165, 1.54) is 14.2 Å². The highest BCUT2D eigenvalue weighted by molar-refractivity contribution is 7.05. The van der Waals surface area contributed by atoms with Crippen LogP contribution in [0.3, 0.4) is 0 Å². The first-order valence-corrected chi connectivity index (χ1v) is 8.72. The summed E-state index contributed by atoms with van der Waals surface area (Å²) in [7, 11) is 2.76. The van der Waals surface area contributed by atoms with Gasteiger partial charge in [-0.05, 0) is 24.5 Å². The monoisotopic (exact) mass is 412 g/mol. The molecule has 3 heterocycles. The van der Waals surface area contributed by atoms with Crippen LogP contribution in [0.25, 0.3) is 11.4 Å². The Balaban J connectivity index is 1.75. The number of carbonyl (C=O) groups is 1. The second-order valence-electron chi connectivity index (χ2n) is 5.77. The van der Waals surface area contributed by atoms with Crippen molar-refractivity contribution in [2.24, 2.45) is 7.05 Å². The summed E-state index contributed by atoms with van der Waals surface area (Å²) in [5, 5.41) is 6.44. The third-order valence-electron chi connectivity index (χ3n) is 3.76. The van der Waals surface area contributed by atoms with Crippen molar-refractivity contribution in [2.45, 2.75) is 19.1 Å². The molecular weight excluding hydrogens is 397 g/mol. The summed E-state index contributed by atoms with van der Waals surface area (Å²) in [6, 6.07) is 3.53. The molecule has 0 aliphatic carbocycles. The fourth-order valence-electron chi connectivity index (χ4n) is 2.34. The molecular formula is C16H15F3N6O2S. The first-order valence-electron chi connectivity index (χ1n) is 7.95. The zero-order valence-corrected chi connectivity index (χ0v) is 15.8. The maximum atomic E-state index is 12.8. The molecule has 1 atom stereocenters. The van der Waals surface area contributed by atoms with E-state index in [9.17, 15) is 18.0 Å². The number of alkyl halides is 3. The quantitative estimate of drug-likeness (QED) is 0.693. The second-order valence-corrected chi connectivity index (χ2v) is 6.56. The van der Waals surface area contributed by atoms with Crippen LogP contribution in [0.2, 0.25) is 0 Å². The van der Waals surface area contributed by atoms with Crippen LogP contribution in [0.4, 0.5) is 13.2 Å². The summed E-state index contributed by atoms with van der Waals surface area (Å²) in [6.07, 6.45) is -3.07. The lowest BCUT2D eigenvalue weighted by Crippen LogP contribution is -2.28. The molecule has 0 aromatic carbocycles. The molecule has 12 heteroatoms. The first-order chi connectivity index (χ1) is 13.2. The standard InChI is InChI=1S/C16H15F3N6O2S/c1-8(21-14(26)10-7-11(16(17,18)19)23-25(10)2)15-22-13(24-28-15)9-4-5-20-12(6-9)27-3/h4-8H,1-3H3,(H,21,26)/t8-/m0/s1. The number of aromatic nitrogens is 5. The Morgan fingerprint density at radius 1 is 1.36 bits per heavy atom. The van der Waals surface area contributed by atoms with Crippen LogP contribution in [-0.4, -0.2) is 37.1 Å². The highest BCUT2D eigenvalue weighted by Gasteiger charge is 2.35. The van der Waals surface area contributed by atoms with E-state index in [0.29, 0.717) is 28.3 Å². The Hall–Kier alpha value is -3.02. The highest BCUT2D eigenvalue weighted by atomic mass is 32.1. The number of methoxy groups -OCH3 is 1. The first kappa shape index (κ1) is 19.7. The van der Waals surface area contributed by atoms with E-state index in [1.54, 1.807) is 25.3 Å². The molecule has 3 rings (SSSR count). The number of amides is 1. The molecule has 0 fully saturated rings. The maximum Gasteiger partial charge on any atom is 0.435 e. The lowest BCUT2D eigenvalue weighted by Gasteiger charge is -2.10. The van der Waals surface area contributed by atoms with Crippen molar-refractivity contribution in [1.29, 1.82) is 0 Å². The van der Waals surface area contributed by atoms with Gasteiger partial charge >= 0.3 is 6.18 Å². The van der Waals surface area contributed by atoms with Crippen molar-refractivity contribution in [3.05, 3.63) is 40.8 Å². The minimum Gasteiger partial charge on any atom is -0.481 e. The second kappa shape index (κ2) is 7.54. The van der Waals surface area contributed by atoms with Crippen molar-refractivity contribution in [2.75, 3.05) is 7.11 Å². The number of pyridine rings is 1. The van der Waals surface area contributed by atoms with Crippen LogP contribution in [0, 0.1) is 0 Å². The van der Waals surface area contributed by atoms with Crippen LogP contribution in [0.15, 0.2) is 24.4 Å². The van der Waals surface area contributed by atoms with Gasteiger partial charge in [-0.1, -0.05) is 0 Å². The molecule has 0 saturated heterocycles. The maximum absolute atomic E-state index is 12.8. The van der Waals surface area contributed by atoms with Crippen molar-refractivity contribution >= 4 is 17.4 Å². The zero-order chi connectivity index (χ0) is 20.5. The van der Waals surface area contributed by atoms with Gasteiger partial charge in [-0.3, -0.25) is 9.48 Å². The lowest BCUT2D eigenvalue weighted by molar-refractivity contribution is -0.141. The Morgan fingerprint density at radius 3 is 2.75 bits per heavy atom. The predicted octanol–water partition coefficient (Wildman–Crippen LogP) is 2.85. The Labute approximate surface area is 161 Å². The fourth-order valence-corrected chi connectivity index (χ4v) is 3.01. The molecule has 0 saturated carbocycles. The molecule has 8 nitrogen and oxygen atoms in total. The molecule has 1 N–H and O–H groups in total. The van der Waals surface area contributed by atoms with E-state index in [-0.39, 0.29) is 5.69 Å². The van der Waals surface area contributed by atoms with E-state index in [0.717, 1.165) is 16.2 Å². The number of hydrogen-bond acceptors (Lipinski definition) is 7. The Morgan fingerprint density at radius 2 is 2.11 bits per heavy atom. The number of nitrogens with one attached hydrogen (secondary N) is 1. The van der Waals surface area contributed by atoms with Crippen molar-refractivity contribution in [3.63, 3.8) is 0 Å². The van der Waals surface area contributed by atoms with Crippen LogP contribution in [-0.2, 0) is 13.2 Å². The molecule has 0 aliphatic heterocycles. The van der Waals surface area contributed by atoms with Crippen LogP contribution in [0.1, 0.15) is 34.2 Å². The molecule has 28 heavy (non-hydrogen) atoms. The molecule has 0 radical (unpaired) electrons. The molecule has 0 spiro atoms. The number of halogens is 3. The largest absolute Gasteiger partial charge is 0.481 e. The summed E-state index contributed by atoms with van der Waals surface area (Å²) >= 11 is 1.08. The van der Waals surface area contributed by atoms with Gasteiger partial charge in [-0.25, -0.2) is 9.97 Å². The van der Waals surface area contributed by atoms with Crippen molar-refractivity contribution < 1.29 is 22.7 Å². The zero-order valence-electron chi connectivity index (χ0n) is 15.0.